The van der Waals surface area contributed by atoms with Crippen LogP contribution in [0.2, 0.25) is 0 Å². The lowest BCUT2D eigenvalue weighted by molar-refractivity contribution is 0.0228. The molecule has 0 saturated carbocycles. The van der Waals surface area contributed by atoms with E-state index in [4.69, 9.17) is 4.74 Å². The number of aliphatic hydroxyl groups excluding tert-OH is 1. The molecular weight excluding hydrogens is 182 g/mol. The molecule has 0 atom stereocenters. The Labute approximate surface area is 85.9 Å². The smallest absolute Gasteiger partial charge is 0.409 e. The van der Waals surface area contributed by atoms with Crippen molar-refractivity contribution in [3.63, 3.8) is 0 Å². The molecular formula is C10H21NO3. The van der Waals surface area contributed by atoms with Gasteiger partial charge in [0.2, 0.25) is 0 Å². The Bertz CT molecular complexity index is 168. The van der Waals surface area contributed by atoms with Crippen LogP contribution in [0.3, 0.4) is 0 Å². The summed E-state index contributed by atoms with van der Waals surface area (Å²) in [6.07, 6.45) is 1.26. The largest absolute Gasteiger partial charge is 0.449 e. The van der Waals surface area contributed by atoms with Crippen molar-refractivity contribution < 1.29 is 14.6 Å². The van der Waals surface area contributed by atoms with Crippen LogP contribution in [0.4, 0.5) is 4.79 Å². The van der Waals surface area contributed by atoms with Gasteiger partial charge in [0.15, 0.2) is 0 Å². The van der Waals surface area contributed by atoms with Crippen molar-refractivity contribution >= 4 is 6.09 Å². The third kappa shape index (κ3) is 3.54. The third-order valence-corrected chi connectivity index (χ3v) is 2.70. The number of hydrogen-bond acceptors (Lipinski definition) is 3. The van der Waals surface area contributed by atoms with Crippen LogP contribution in [0.5, 0.6) is 0 Å². The molecule has 1 amide bonds. The summed E-state index contributed by atoms with van der Waals surface area (Å²) in [7, 11) is 3.28. The van der Waals surface area contributed by atoms with Crippen LogP contribution in [0.1, 0.15) is 26.7 Å². The fourth-order valence-corrected chi connectivity index (χ4v) is 1.07. The Morgan fingerprint density at radius 2 is 1.86 bits per heavy atom. The van der Waals surface area contributed by atoms with Crippen LogP contribution in [0, 0.1) is 5.41 Å². The van der Waals surface area contributed by atoms with Crippen LogP contribution in [-0.2, 0) is 4.74 Å². The van der Waals surface area contributed by atoms with E-state index in [9.17, 15) is 9.90 Å². The molecule has 4 heteroatoms. The molecule has 4 nitrogen and oxygen atoms in total. The van der Waals surface area contributed by atoms with Crippen molar-refractivity contribution in [3.8, 4) is 0 Å². The zero-order valence-electron chi connectivity index (χ0n) is 9.54. The first-order valence-corrected chi connectivity index (χ1v) is 4.96. The molecule has 84 valence electrons. The first kappa shape index (κ1) is 13.2. The minimum Gasteiger partial charge on any atom is -0.449 e. The van der Waals surface area contributed by atoms with Crippen molar-refractivity contribution in [3.05, 3.63) is 0 Å². The molecule has 14 heavy (non-hydrogen) atoms. The van der Waals surface area contributed by atoms with Crippen LogP contribution >= 0.6 is 0 Å². The van der Waals surface area contributed by atoms with Crippen molar-refractivity contribution in [2.24, 2.45) is 5.41 Å². The monoisotopic (exact) mass is 203 g/mol. The Kier molecular flexibility index (Phi) is 5.53. The molecule has 0 aliphatic carbocycles. The quantitative estimate of drug-likeness (QED) is 0.736. The maximum absolute atomic E-state index is 11.2. The Hall–Kier alpha value is -0.770. The second-order valence-corrected chi connectivity index (χ2v) is 3.81. The molecule has 0 aliphatic heterocycles. The van der Waals surface area contributed by atoms with Crippen LogP contribution in [0.15, 0.2) is 0 Å². The molecule has 0 fully saturated rings. The van der Waals surface area contributed by atoms with Gasteiger partial charge in [-0.05, 0) is 12.8 Å². The second-order valence-electron chi connectivity index (χ2n) is 3.81. The van der Waals surface area contributed by atoms with E-state index < -0.39 is 0 Å². The molecule has 0 spiro atoms. The van der Waals surface area contributed by atoms with Crippen LogP contribution < -0.4 is 0 Å². The highest BCUT2D eigenvalue weighted by Gasteiger charge is 2.27. The lowest BCUT2D eigenvalue weighted by Gasteiger charge is -2.29. The molecule has 0 aliphatic rings. The summed E-state index contributed by atoms with van der Waals surface area (Å²) in [5, 5.41) is 9.22. The Balaban J connectivity index is 4.12. The van der Waals surface area contributed by atoms with Crippen LogP contribution in [-0.4, -0.2) is 43.4 Å². The van der Waals surface area contributed by atoms with Gasteiger partial charge in [-0.15, -0.1) is 0 Å². The molecule has 0 aromatic carbocycles. The minimum atomic E-state index is -0.357. The Morgan fingerprint density at radius 1 is 1.36 bits per heavy atom. The van der Waals surface area contributed by atoms with E-state index in [1.54, 1.807) is 14.1 Å². The number of ether oxygens (including phenoxy) is 1. The summed E-state index contributed by atoms with van der Waals surface area (Å²) in [5.74, 6) is 0. The maximum Gasteiger partial charge on any atom is 0.409 e. The number of hydrogen-bond donors (Lipinski definition) is 1. The van der Waals surface area contributed by atoms with Crippen molar-refractivity contribution in [1.82, 2.24) is 4.90 Å². The lowest BCUT2D eigenvalue weighted by Crippen LogP contribution is -2.33. The van der Waals surface area contributed by atoms with Crippen molar-refractivity contribution in [2.45, 2.75) is 26.7 Å². The van der Waals surface area contributed by atoms with Gasteiger partial charge in [-0.25, -0.2) is 4.79 Å². The van der Waals surface area contributed by atoms with Gasteiger partial charge in [0, 0.05) is 19.5 Å². The average Bonchev–Trinajstić information content (AvgIpc) is 2.20. The molecule has 0 rings (SSSR count). The zero-order chi connectivity index (χ0) is 11.2. The topological polar surface area (TPSA) is 49.8 Å². The minimum absolute atomic E-state index is 0.0563. The second kappa shape index (κ2) is 5.86. The van der Waals surface area contributed by atoms with E-state index in [1.165, 1.54) is 4.90 Å². The average molecular weight is 203 g/mol. The van der Waals surface area contributed by atoms with Gasteiger partial charge in [-0.3, -0.25) is 0 Å². The summed E-state index contributed by atoms with van der Waals surface area (Å²) >= 11 is 0. The molecule has 0 unspecified atom stereocenters. The third-order valence-electron chi connectivity index (χ3n) is 2.70. The van der Waals surface area contributed by atoms with E-state index in [0.717, 1.165) is 12.8 Å². The summed E-state index contributed by atoms with van der Waals surface area (Å²) < 4.78 is 5.07. The number of carbonyl (C=O) groups excluding carboxylic acids is 1. The number of amides is 1. The Morgan fingerprint density at radius 3 is 2.14 bits per heavy atom. The number of nitrogens with zero attached hydrogens (tertiary/aromatic N) is 1. The normalized spacial score (nSPS) is 11.2. The van der Waals surface area contributed by atoms with Gasteiger partial charge < -0.3 is 14.7 Å². The highest BCUT2D eigenvalue weighted by atomic mass is 16.6. The highest BCUT2D eigenvalue weighted by Crippen LogP contribution is 2.25. The molecule has 0 bridgehead atoms. The van der Waals surface area contributed by atoms with E-state index in [0.29, 0.717) is 0 Å². The first-order chi connectivity index (χ1) is 6.51. The first-order valence-electron chi connectivity index (χ1n) is 4.96. The van der Waals surface area contributed by atoms with Gasteiger partial charge in [0.25, 0.3) is 0 Å². The SMILES string of the molecule is CCC(CC)(CO)COC(=O)N(C)C. The summed E-state index contributed by atoms with van der Waals surface area (Å²) in [4.78, 5) is 12.5. The summed E-state index contributed by atoms with van der Waals surface area (Å²) in [6.45, 7) is 4.32. The number of rotatable bonds is 5. The maximum atomic E-state index is 11.2. The molecule has 0 saturated heterocycles. The van der Waals surface area contributed by atoms with E-state index >= 15 is 0 Å². The van der Waals surface area contributed by atoms with Gasteiger partial charge in [0.1, 0.15) is 6.61 Å². The van der Waals surface area contributed by atoms with Gasteiger partial charge in [0.05, 0.1) is 6.61 Å². The number of carbonyl (C=O) groups is 1. The molecule has 0 heterocycles. The number of aliphatic hydroxyl groups is 1. The van der Waals surface area contributed by atoms with Gasteiger partial charge >= 0.3 is 6.09 Å². The van der Waals surface area contributed by atoms with E-state index in [1.807, 2.05) is 13.8 Å². The zero-order valence-corrected chi connectivity index (χ0v) is 9.54. The fourth-order valence-electron chi connectivity index (χ4n) is 1.07. The van der Waals surface area contributed by atoms with Crippen molar-refractivity contribution in [2.75, 3.05) is 27.3 Å². The van der Waals surface area contributed by atoms with Gasteiger partial charge in [-0.1, -0.05) is 13.8 Å². The predicted octanol–water partition coefficient (Wildman–Crippen LogP) is 1.48. The lowest BCUT2D eigenvalue weighted by atomic mass is 9.84. The van der Waals surface area contributed by atoms with Crippen LogP contribution in [0.25, 0.3) is 0 Å². The molecule has 1 N–H and O–H groups in total. The predicted molar refractivity (Wildman–Crippen MR) is 55.1 cm³/mol. The van der Waals surface area contributed by atoms with E-state index in [2.05, 4.69) is 0 Å². The summed E-state index contributed by atoms with van der Waals surface area (Å²) in [5.41, 5.74) is -0.272. The fraction of sp³-hybridized carbons (Fsp3) is 0.900. The van der Waals surface area contributed by atoms with Gasteiger partial charge in [-0.2, -0.15) is 0 Å². The standard InChI is InChI=1S/C10H21NO3/c1-5-10(6-2,7-12)8-14-9(13)11(3)4/h12H,5-8H2,1-4H3. The molecule has 0 aromatic heterocycles. The molecule has 0 radical (unpaired) electrons. The van der Waals surface area contributed by atoms with E-state index in [-0.39, 0.29) is 24.7 Å². The van der Waals surface area contributed by atoms with Crippen molar-refractivity contribution in [1.29, 1.82) is 0 Å². The summed E-state index contributed by atoms with van der Waals surface area (Å²) in [6, 6.07) is 0. The highest BCUT2D eigenvalue weighted by molar-refractivity contribution is 5.66. The molecule has 0 aromatic rings.